The molecular weight excluding hydrogens is 462 g/mol. The molecule has 150 valence electrons. The summed E-state index contributed by atoms with van der Waals surface area (Å²) >= 11 is 0. The molecule has 0 saturated carbocycles. The number of hydrogen-bond acceptors (Lipinski definition) is 4. The van der Waals surface area contributed by atoms with Crippen molar-refractivity contribution in [2.24, 2.45) is 4.99 Å². The van der Waals surface area contributed by atoms with Crippen LogP contribution in [0.25, 0.3) is 0 Å². The summed E-state index contributed by atoms with van der Waals surface area (Å²) in [4.78, 5) is 12.2. The molecule has 0 aromatic carbocycles. The predicted octanol–water partition coefficient (Wildman–Crippen LogP) is 2.94. The Labute approximate surface area is 169 Å². The minimum absolute atomic E-state index is 0. The average molecular weight is 489 g/mol. The number of aryl methyl sites for hydroxylation is 2. The fraction of sp³-hybridized carbons (Fsp3) is 0.750. The maximum absolute atomic E-state index is 12.8. The number of nitrogens with one attached hydrogen (secondary N) is 1. The highest BCUT2D eigenvalue weighted by Crippen LogP contribution is 2.25. The second-order valence-corrected chi connectivity index (χ2v) is 6.16. The van der Waals surface area contributed by atoms with E-state index in [4.69, 9.17) is 4.42 Å². The Morgan fingerprint density at radius 3 is 2.35 bits per heavy atom. The van der Waals surface area contributed by atoms with E-state index in [9.17, 15) is 13.2 Å². The lowest BCUT2D eigenvalue weighted by atomic mass is 10.2. The van der Waals surface area contributed by atoms with E-state index >= 15 is 0 Å². The number of piperazine rings is 1. The lowest BCUT2D eigenvalue weighted by molar-refractivity contribution is -0.181. The van der Waals surface area contributed by atoms with Gasteiger partial charge in [0.1, 0.15) is 18.3 Å². The third-order valence-electron chi connectivity index (χ3n) is 4.41. The number of rotatable bonds is 4. The summed E-state index contributed by atoms with van der Waals surface area (Å²) in [7, 11) is 0. The van der Waals surface area contributed by atoms with Crippen LogP contribution in [0.3, 0.4) is 0 Å². The largest absolute Gasteiger partial charge is 0.444 e. The van der Waals surface area contributed by atoms with Gasteiger partial charge in [0, 0.05) is 32.7 Å². The van der Waals surface area contributed by atoms with Gasteiger partial charge in [-0.05, 0) is 27.7 Å². The van der Waals surface area contributed by atoms with Gasteiger partial charge in [-0.3, -0.25) is 4.90 Å². The number of aliphatic imine (C=N–C) groups is 1. The number of hydrogen-bond donors (Lipinski definition) is 1. The van der Waals surface area contributed by atoms with Gasteiger partial charge in [-0.1, -0.05) is 0 Å². The fourth-order valence-electron chi connectivity index (χ4n) is 2.70. The molecule has 1 N–H and O–H groups in total. The van der Waals surface area contributed by atoms with Gasteiger partial charge in [0.2, 0.25) is 5.89 Å². The van der Waals surface area contributed by atoms with Gasteiger partial charge in [-0.25, -0.2) is 9.98 Å². The zero-order valence-corrected chi connectivity index (χ0v) is 17.9. The van der Waals surface area contributed by atoms with Crippen molar-refractivity contribution >= 4 is 29.9 Å². The number of nitrogens with zero attached hydrogens (tertiary/aromatic N) is 4. The Morgan fingerprint density at radius 1 is 1.27 bits per heavy atom. The molecular formula is C16H27F3IN5O. The van der Waals surface area contributed by atoms with Crippen LogP contribution in [-0.4, -0.2) is 65.7 Å². The van der Waals surface area contributed by atoms with Gasteiger partial charge in [-0.15, -0.1) is 24.0 Å². The van der Waals surface area contributed by atoms with Crippen molar-refractivity contribution in [1.82, 2.24) is 20.1 Å². The number of alkyl halides is 3. The maximum Gasteiger partial charge on any atom is 0.403 e. The van der Waals surface area contributed by atoms with Crippen molar-refractivity contribution in [3.63, 3.8) is 0 Å². The van der Waals surface area contributed by atoms with Crippen LogP contribution in [0.1, 0.15) is 31.2 Å². The van der Waals surface area contributed by atoms with Crippen LogP contribution < -0.4 is 5.32 Å². The van der Waals surface area contributed by atoms with Crippen LogP contribution >= 0.6 is 24.0 Å². The molecule has 26 heavy (non-hydrogen) atoms. The summed E-state index contributed by atoms with van der Waals surface area (Å²) in [6.07, 6.45) is -4.19. The van der Waals surface area contributed by atoms with Gasteiger partial charge >= 0.3 is 6.18 Å². The molecule has 2 heterocycles. The van der Waals surface area contributed by atoms with E-state index in [1.165, 1.54) is 11.8 Å². The summed E-state index contributed by atoms with van der Waals surface area (Å²) in [6, 6.07) is -1.42. The van der Waals surface area contributed by atoms with Crippen molar-refractivity contribution in [2.75, 3.05) is 32.7 Å². The average Bonchev–Trinajstić information content (AvgIpc) is 2.88. The first-order chi connectivity index (χ1) is 11.7. The van der Waals surface area contributed by atoms with Crippen LogP contribution in [0.5, 0.6) is 0 Å². The molecule has 0 amide bonds. The van der Waals surface area contributed by atoms with E-state index in [0.29, 0.717) is 51.1 Å². The molecule has 1 saturated heterocycles. The van der Waals surface area contributed by atoms with Crippen LogP contribution in [0.4, 0.5) is 13.2 Å². The topological polar surface area (TPSA) is 56.9 Å². The van der Waals surface area contributed by atoms with Crippen molar-refractivity contribution in [3.05, 3.63) is 17.3 Å². The molecule has 0 spiro atoms. The normalized spacial score (nSPS) is 17.8. The summed E-state index contributed by atoms with van der Waals surface area (Å²) in [5, 5.41) is 3.18. The lowest BCUT2D eigenvalue weighted by Crippen LogP contribution is -2.56. The molecule has 0 radical (unpaired) electrons. The highest BCUT2D eigenvalue weighted by molar-refractivity contribution is 14.0. The predicted molar refractivity (Wildman–Crippen MR) is 105 cm³/mol. The van der Waals surface area contributed by atoms with Crippen molar-refractivity contribution in [3.8, 4) is 0 Å². The van der Waals surface area contributed by atoms with Gasteiger partial charge in [0.25, 0.3) is 0 Å². The molecule has 0 bridgehead atoms. The molecule has 1 aromatic rings. The molecule has 1 atom stereocenters. The monoisotopic (exact) mass is 489 g/mol. The number of aromatic nitrogens is 1. The number of guanidine groups is 1. The Balaban J connectivity index is 0.00000338. The van der Waals surface area contributed by atoms with E-state index in [0.717, 1.165) is 11.5 Å². The van der Waals surface area contributed by atoms with Crippen LogP contribution in [0.15, 0.2) is 9.41 Å². The summed E-state index contributed by atoms with van der Waals surface area (Å²) in [5.41, 5.74) is 0.838. The lowest BCUT2D eigenvalue weighted by Gasteiger charge is -2.39. The van der Waals surface area contributed by atoms with Crippen LogP contribution in [0.2, 0.25) is 0 Å². The SMILES string of the molecule is CCNC(=NCc1nc(C)c(C)o1)N1CCN(C(C)C(F)(F)F)CC1.I. The third-order valence-corrected chi connectivity index (χ3v) is 4.41. The Morgan fingerprint density at radius 2 is 1.88 bits per heavy atom. The quantitative estimate of drug-likeness (QED) is 0.401. The maximum atomic E-state index is 12.8. The molecule has 1 aliphatic rings. The van der Waals surface area contributed by atoms with E-state index in [2.05, 4.69) is 15.3 Å². The van der Waals surface area contributed by atoms with Crippen LogP contribution in [0, 0.1) is 13.8 Å². The molecule has 0 aliphatic carbocycles. The first-order valence-electron chi connectivity index (χ1n) is 8.49. The van der Waals surface area contributed by atoms with Gasteiger partial charge in [0.15, 0.2) is 5.96 Å². The Bertz CT molecular complexity index is 578. The molecule has 10 heteroatoms. The highest BCUT2D eigenvalue weighted by atomic mass is 127. The van der Waals surface area contributed by atoms with Crippen LogP contribution in [-0.2, 0) is 6.54 Å². The molecule has 1 aliphatic heterocycles. The minimum atomic E-state index is -4.19. The third kappa shape index (κ3) is 6.00. The number of oxazole rings is 1. The molecule has 2 rings (SSSR count). The molecule has 1 aromatic heterocycles. The summed E-state index contributed by atoms with van der Waals surface area (Å²) < 4.78 is 44.1. The Kier molecular flexibility index (Phi) is 8.64. The standard InChI is InChI=1S/C16H26F3N5O.HI/c1-5-20-15(21-10-14-22-11(2)12(3)25-14)24-8-6-23(7-9-24)13(4)16(17,18)19;/h13H,5-10H2,1-4H3,(H,20,21);1H. The fourth-order valence-corrected chi connectivity index (χ4v) is 2.70. The van der Waals surface area contributed by atoms with E-state index < -0.39 is 12.2 Å². The summed E-state index contributed by atoms with van der Waals surface area (Å²) in [5.74, 6) is 1.98. The van der Waals surface area contributed by atoms with E-state index in [1.807, 2.05) is 25.7 Å². The van der Waals surface area contributed by atoms with Gasteiger partial charge in [0.05, 0.1) is 5.69 Å². The van der Waals surface area contributed by atoms with E-state index in [-0.39, 0.29) is 24.0 Å². The van der Waals surface area contributed by atoms with Crippen molar-refractivity contribution in [2.45, 2.75) is 46.5 Å². The van der Waals surface area contributed by atoms with Crippen molar-refractivity contribution < 1.29 is 17.6 Å². The van der Waals surface area contributed by atoms with E-state index in [1.54, 1.807) is 0 Å². The first kappa shape index (κ1) is 23.0. The molecule has 1 unspecified atom stereocenters. The van der Waals surface area contributed by atoms with Crippen molar-refractivity contribution in [1.29, 1.82) is 0 Å². The zero-order valence-electron chi connectivity index (χ0n) is 15.6. The molecule has 6 nitrogen and oxygen atoms in total. The van der Waals surface area contributed by atoms with Gasteiger partial charge < -0.3 is 14.6 Å². The second-order valence-electron chi connectivity index (χ2n) is 6.16. The summed E-state index contributed by atoms with van der Waals surface area (Å²) in [6.45, 7) is 9.56. The first-order valence-corrected chi connectivity index (χ1v) is 8.49. The minimum Gasteiger partial charge on any atom is -0.444 e. The second kappa shape index (κ2) is 9.77. The number of halogens is 4. The Hall–Kier alpha value is -1.04. The van der Waals surface area contributed by atoms with Gasteiger partial charge in [-0.2, -0.15) is 13.2 Å². The smallest absolute Gasteiger partial charge is 0.403 e. The molecule has 1 fully saturated rings. The highest BCUT2D eigenvalue weighted by Gasteiger charge is 2.41. The zero-order chi connectivity index (χ0) is 18.6.